The van der Waals surface area contributed by atoms with Crippen molar-refractivity contribution in [3.8, 4) is 17.6 Å². The molecule has 0 N–H and O–H groups in total. The largest absolute Gasteiger partial charge is 0.457 e. The van der Waals surface area contributed by atoms with Gasteiger partial charge >= 0.3 is 5.97 Å². The van der Waals surface area contributed by atoms with E-state index in [0.29, 0.717) is 17.1 Å². The fourth-order valence-electron chi connectivity index (χ4n) is 3.18. The van der Waals surface area contributed by atoms with E-state index in [-0.39, 0.29) is 5.92 Å². The summed E-state index contributed by atoms with van der Waals surface area (Å²) < 4.78 is 11.4. The van der Waals surface area contributed by atoms with Gasteiger partial charge in [-0.2, -0.15) is 5.26 Å². The second-order valence-electron chi connectivity index (χ2n) is 7.07. The maximum atomic E-state index is 12.9. The molecule has 3 aromatic rings. The van der Waals surface area contributed by atoms with Crippen molar-refractivity contribution in [1.29, 1.82) is 5.26 Å². The number of carbonyl (C=O) groups is 1. The third-order valence-electron chi connectivity index (χ3n) is 4.57. The van der Waals surface area contributed by atoms with E-state index in [9.17, 15) is 10.1 Å². The minimum atomic E-state index is -1.01. The summed E-state index contributed by atoms with van der Waals surface area (Å²) in [7, 11) is 0. The number of benzene rings is 3. The molecule has 146 valence electrons. The zero-order valence-electron chi connectivity index (χ0n) is 16.5. The first-order chi connectivity index (χ1) is 14.1. The Morgan fingerprint density at radius 2 is 1.41 bits per heavy atom. The van der Waals surface area contributed by atoms with Gasteiger partial charge in [0.05, 0.1) is 5.92 Å². The summed E-state index contributed by atoms with van der Waals surface area (Å²) in [6.45, 7) is 3.93. The van der Waals surface area contributed by atoms with Crippen molar-refractivity contribution < 1.29 is 14.3 Å². The van der Waals surface area contributed by atoms with E-state index in [1.165, 1.54) is 0 Å². The predicted octanol–water partition coefficient (Wildman–Crippen LogP) is 6.03. The Labute approximate surface area is 171 Å². The SMILES string of the molecule is CC(C)C(C(=O)O[C@H](C#N)c1cccc(Oc2ccccc2)c1)c1ccccc1. The number of rotatable bonds is 7. The average molecular weight is 385 g/mol. The van der Waals surface area contributed by atoms with E-state index in [1.54, 1.807) is 24.3 Å². The normalized spacial score (nSPS) is 12.6. The Balaban J connectivity index is 1.78. The summed E-state index contributed by atoms with van der Waals surface area (Å²) in [6, 6.07) is 28.0. The molecule has 0 aliphatic carbocycles. The molecule has 4 heteroatoms. The zero-order valence-corrected chi connectivity index (χ0v) is 16.5. The fraction of sp³-hybridized carbons (Fsp3) is 0.200. The molecule has 0 aromatic heterocycles. The molecule has 1 unspecified atom stereocenters. The summed E-state index contributed by atoms with van der Waals surface area (Å²) >= 11 is 0. The van der Waals surface area contributed by atoms with Crippen LogP contribution >= 0.6 is 0 Å². The number of nitriles is 1. The van der Waals surface area contributed by atoms with Crippen molar-refractivity contribution in [3.05, 3.63) is 96.1 Å². The third kappa shape index (κ3) is 5.24. The third-order valence-corrected chi connectivity index (χ3v) is 4.57. The second kappa shape index (κ2) is 9.57. The van der Waals surface area contributed by atoms with Crippen molar-refractivity contribution in [3.63, 3.8) is 0 Å². The molecule has 0 fully saturated rings. The van der Waals surface area contributed by atoms with Crippen LogP contribution in [-0.4, -0.2) is 5.97 Å². The molecule has 0 aliphatic heterocycles. The first kappa shape index (κ1) is 20.2. The highest BCUT2D eigenvalue weighted by molar-refractivity contribution is 5.79. The summed E-state index contributed by atoms with van der Waals surface area (Å²) in [6.07, 6.45) is -1.01. The Hall–Kier alpha value is -3.58. The molecule has 0 aliphatic rings. The lowest BCUT2D eigenvalue weighted by atomic mass is 9.88. The van der Waals surface area contributed by atoms with E-state index in [4.69, 9.17) is 9.47 Å². The van der Waals surface area contributed by atoms with Crippen LogP contribution in [0.1, 0.15) is 37.0 Å². The van der Waals surface area contributed by atoms with Crippen molar-refractivity contribution in [2.75, 3.05) is 0 Å². The van der Waals surface area contributed by atoms with Crippen LogP contribution in [0.25, 0.3) is 0 Å². The van der Waals surface area contributed by atoms with E-state index in [0.717, 1.165) is 5.56 Å². The molecule has 3 aromatic carbocycles. The Morgan fingerprint density at radius 1 is 0.828 bits per heavy atom. The highest BCUT2D eigenvalue weighted by Crippen LogP contribution is 2.30. The van der Waals surface area contributed by atoms with Crippen LogP contribution in [0, 0.1) is 17.2 Å². The van der Waals surface area contributed by atoms with Crippen LogP contribution in [0.15, 0.2) is 84.9 Å². The molecular formula is C25H23NO3. The quantitative estimate of drug-likeness (QED) is 0.466. The molecule has 0 radical (unpaired) electrons. The number of nitrogens with zero attached hydrogens (tertiary/aromatic N) is 1. The van der Waals surface area contributed by atoms with E-state index in [2.05, 4.69) is 6.07 Å². The summed E-state index contributed by atoms with van der Waals surface area (Å²) in [5.74, 6) is 0.465. The Bertz CT molecular complexity index is 978. The Kier molecular flexibility index (Phi) is 6.65. The lowest BCUT2D eigenvalue weighted by Gasteiger charge is -2.22. The highest BCUT2D eigenvalue weighted by atomic mass is 16.5. The standard InChI is InChI=1S/C25H23NO3/c1-18(2)24(19-10-5-3-6-11-19)25(27)29-23(17-26)20-12-9-15-22(16-20)28-21-13-7-4-8-14-21/h3-16,18,23-24H,1-2H3/t23-,24?/m1/s1. The molecule has 0 spiro atoms. The predicted molar refractivity (Wildman–Crippen MR) is 111 cm³/mol. The zero-order chi connectivity index (χ0) is 20.6. The van der Waals surface area contributed by atoms with Crippen LogP contribution < -0.4 is 4.74 Å². The van der Waals surface area contributed by atoms with Gasteiger partial charge in [-0.3, -0.25) is 4.79 Å². The Morgan fingerprint density at radius 3 is 2.03 bits per heavy atom. The molecule has 0 saturated carbocycles. The van der Waals surface area contributed by atoms with Crippen molar-refractivity contribution in [2.45, 2.75) is 25.9 Å². The van der Waals surface area contributed by atoms with E-state index in [1.807, 2.05) is 74.5 Å². The topological polar surface area (TPSA) is 59.3 Å². The van der Waals surface area contributed by atoms with Gasteiger partial charge in [0, 0.05) is 5.56 Å². The van der Waals surface area contributed by atoms with Crippen molar-refractivity contribution >= 4 is 5.97 Å². The van der Waals surface area contributed by atoms with Gasteiger partial charge < -0.3 is 9.47 Å². The molecule has 2 atom stereocenters. The van der Waals surface area contributed by atoms with E-state index >= 15 is 0 Å². The number of para-hydroxylation sites is 1. The molecule has 3 rings (SSSR count). The lowest BCUT2D eigenvalue weighted by Crippen LogP contribution is -2.22. The van der Waals surface area contributed by atoms with E-state index < -0.39 is 18.0 Å². The maximum Gasteiger partial charge on any atom is 0.315 e. The smallest absolute Gasteiger partial charge is 0.315 e. The van der Waals surface area contributed by atoms with Gasteiger partial charge in [-0.1, -0.05) is 74.5 Å². The highest BCUT2D eigenvalue weighted by Gasteiger charge is 2.28. The number of hydrogen-bond donors (Lipinski definition) is 0. The van der Waals surface area contributed by atoms with Gasteiger partial charge in [0.2, 0.25) is 6.10 Å². The van der Waals surface area contributed by atoms with Crippen LogP contribution in [0.4, 0.5) is 0 Å². The van der Waals surface area contributed by atoms with Crippen LogP contribution in [0.3, 0.4) is 0 Å². The number of hydrogen-bond acceptors (Lipinski definition) is 4. The van der Waals surface area contributed by atoms with Gasteiger partial charge in [-0.05, 0) is 35.7 Å². The summed E-state index contributed by atoms with van der Waals surface area (Å²) in [4.78, 5) is 12.9. The molecule has 4 nitrogen and oxygen atoms in total. The van der Waals surface area contributed by atoms with Crippen LogP contribution in [-0.2, 0) is 9.53 Å². The fourth-order valence-corrected chi connectivity index (χ4v) is 3.18. The lowest BCUT2D eigenvalue weighted by molar-refractivity contribution is -0.150. The van der Waals surface area contributed by atoms with Gasteiger partial charge in [0.25, 0.3) is 0 Å². The molecule has 0 amide bonds. The van der Waals surface area contributed by atoms with Crippen molar-refractivity contribution in [1.82, 2.24) is 0 Å². The second-order valence-corrected chi connectivity index (χ2v) is 7.07. The molecular weight excluding hydrogens is 362 g/mol. The van der Waals surface area contributed by atoms with Gasteiger partial charge in [0.15, 0.2) is 0 Å². The number of carbonyl (C=O) groups excluding carboxylic acids is 1. The van der Waals surface area contributed by atoms with Crippen LogP contribution in [0.5, 0.6) is 11.5 Å². The monoisotopic (exact) mass is 385 g/mol. The molecule has 0 bridgehead atoms. The minimum Gasteiger partial charge on any atom is -0.457 e. The molecule has 29 heavy (non-hydrogen) atoms. The first-order valence-corrected chi connectivity index (χ1v) is 9.56. The minimum absolute atomic E-state index is 0.0389. The maximum absolute atomic E-state index is 12.9. The van der Waals surface area contributed by atoms with Gasteiger partial charge in [-0.25, -0.2) is 0 Å². The van der Waals surface area contributed by atoms with Gasteiger partial charge in [-0.15, -0.1) is 0 Å². The molecule has 0 heterocycles. The summed E-state index contributed by atoms with van der Waals surface area (Å²) in [5, 5.41) is 9.63. The average Bonchev–Trinajstić information content (AvgIpc) is 2.73. The van der Waals surface area contributed by atoms with Gasteiger partial charge in [0.1, 0.15) is 17.6 Å². The number of ether oxygens (including phenoxy) is 2. The number of esters is 1. The van der Waals surface area contributed by atoms with Crippen LogP contribution in [0.2, 0.25) is 0 Å². The molecule has 0 saturated heterocycles. The van der Waals surface area contributed by atoms with Crippen molar-refractivity contribution in [2.24, 2.45) is 5.92 Å². The summed E-state index contributed by atoms with van der Waals surface area (Å²) in [5.41, 5.74) is 1.45. The first-order valence-electron chi connectivity index (χ1n) is 9.56.